The van der Waals surface area contributed by atoms with Crippen molar-refractivity contribution in [3.05, 3.63) is 16.5 Å². The molecule has 0 aliphatic carbocycles. The molecule has 0 saturated carbocycles. The molecule has 0 fully saturated rings. The number of carbonyl (C=O) groups excluding carboxylic acids is 1. The fourth-order valence-electron chi connectivity index (χ4n) is 1.53. The lowest BCUT2D eigenvalue weighted by Crippen LogP contribution is -2.32. The van der Waals surface area contributed by atoms with Crippen LogP contribution < -0.4 is 5.32 Å². The molecule has 1 aliphatic rings. The van der Waals surface area contributed by atoms with Crippen LogP contribution >= 0.6 is 15.9 Å². The summed E-state index contributed by atoms with van der Waals surface area (Å²) in [4.78, 5) is 18.4. The molecule has 2 rings (SSSR count). The summed E-state index contributed by atoms with van der Waals surface area (Å²) in [6.45, 7) is 0. The van der Waals surface area contributed by atoms with Gasteiger partial charge in [-0.15, -0.1) is 0 Å². The normalized spacial score (nSPS) is 20.2. The van der Waals surface area contributed by atoms with Crippen molar-refractivity contribution in [3.63, 3.8) is 0 Å². The minimum atomic E-state index is -4.49. The molecule has 16 heavy (non-hydrogen) atoms. The highest BCUT2D eigenvalue weighted by atomic mass is 79.9. The monoisotopic (exact) mass is 295 g/mol. The Bertz CT molecular complexity index is 449. The number of nitrogens with one attached hydrogen (secondary N) is 1. The summed E-state index contributed by atoms with van der Waals surface area (Å²) in [5, 5.41) is 2.28. The molecule has 0 spiro atoms. The molecule has 1 aromatic heterocycles. The number of alkyl halides is 3. The molecule has 1 amide bonds. The van der Waals surface area contributed by atoms with Crippen LogP contribution in [0.3, 0.4) is 0 Å². The minimum Gasteiger partial charge on any atom is -0.310 e. The van der Waals surface area contributed by atoms with Crippen molar-refractivity contribution in [1.29, 1.82) is 0 Å². The predicted molar refractivity (Wildman–Crippen MR) is 51.8 cm³/mol. The van der Waals surface area contributed by atoms with E-state index in [1.807, 2.05) is 0 Å². The maximum absolute atomic E-state index is 12.7. The van der Waals surface area contributed by atoms with Crippen LogP contribution in [0.2, 0.25) is 0 Å². The maximum Gasteiger partial charge on any atom is 0.396 e. The van der Waals surface area contributed by atoms with E-state index in [0.717, 1.165) is 6.33 Å². The molecule has 0 aromatic carbocycles. The zero-order valence-corrected chi connectivity index (χ0v) is 9.26. The van der Waals surface area contributed by atoms with Gasteiger partial charge >= 0.3 is 6.18 Å². The number of rotatable bonds is 0. The van der Waals surface area contributed by atoms with Crippen molar-refractivity contribution in [2.45, 2.75) is 18.5 Å². The Balaban J connectivity index is 2.56. The standard InChI is InChI=1S/C8H5BrF3N3O/c9-6-5-3(8(10,11)12)1-4(16)15-7(5)14-2-13-6/h2-3H,1H2,(H,13,14,15,16)/t3-/m1/s1. The van der Waals surface area contributed by atoms with Crippen LogP contribution in [0.15, 0.2) is 10.9 Å². The Kier molecular flexibility index (Phi) is 2.61. The number of halogens is 4. The van der Waals surface area contributed by atoms with E-state index in [4.69, 9.17) is 0 Å². The van der Waals surface area contributed by atoms with E-state index in [-0.39, 0.29) is 16.0 Å². The molecule has 0 radical (unpaired) electrons. The lowest BCUT2D eigenvalue weighted by Gasteiger charge is -2.26. The molecule has 0 saturated heterocycles. The van der Waals surface area contributed by atoms with Gasteiger partial charge in [0.2, 0.25) is 5.91 Å². The third-order valence-electron chi connectivity index (χ3n) is 2.23. The molecule has 4 nitrogen and oxygen atoms in total. The molecular weight excluding hydrogens is 291 g/mol. The number of nitrogens with zero attached hydrogens (tertiary/aromatic N) is 2. The van der Waals surface area contributed by atoms with Gasteiger partial charge in [-0.3, -0.25) is 4.79 Å². The number of amides is 1. The first-order valence-corrected chi connectivity index (χ1v) is 5.06. The van der Waals surface area contributed by atoms with Crippen molar-refractivity contribution >= 4 is 27.7 Å². The van der Waals surface area contributed by atoms with Crippen LogP contribution in [0.4, 0.5) is 19.0 Å². The second-order valence-electron chi connectivity index (χ2n) is 3.27. The van der Waals surface area contributed by atoms with Gasteiger partial charge in [0.05, 0.1) is 5.92 Å². The van der Waals surface area contributed by atoms with Gasteiger partial charge < -0.3 is 5.32 Å². The van der Waals surface area contributed by atoms with Crippen molar-refractivity contribution in [1.82, 2.24) is 9.97 Å². The van der Waals surface area contributed by atoms with Gasteiger partial charge in [0.25, 0.3) is 0 Å². The van der Waals surface area contributed by atoms with E-state index in [9.17, 15) is 18.0 Å². The summed E-state index contributed by atoms with van der Waals surface area (Å²) in [7, 11) is 0. The molecule has 1 N–H and O–H groups in total. The zero-order valence-electron chi connectivity index (χ0n) is 7.68. The van der Waals surface area contributed by atoms with Gasteiger partial charge in [-0.05, 0) is 15.9 Å². The first kappa shape index (κ1) is 11.3. The maximum atomic E-state index is 12.7. The first-order valence-electron chi connectivity index (χ1n) is 4.26. The van der Waals surface area contributed by atoms with E-state index < -0.39 is 24.4 Å². The van der Waals surface area contributed by atoms with Gasteiger partial charge in [-0.25, -0.2) is 9.97 Å². The van der Waals surface area contributed by atoms with Crippen LogP contribution in [0.1, 0.15) is 17.9 Å². The van der Waals surface area contributed by atoms with Crippen molar-refractivity contribution in [3.8, 4) is 0 Å². The summed E-state index contributed by atoms with van der Waals surface area (Å²) >= 11 is 2.93. The van der Waals surface area contributed by atoms with Crippen molar-refractivity contribution < 1.29 is 18.0 Å². The Morgan fingerprint density at radius 1 is 1.44 bits per heavy atom. The van der Waals surface area contributed by atoms with E-state index >= 15 is 0 Å². The zero-order chi connectivity index (χ0) is 11.9. The first-order chi connectivity index (χ1) is 7.39. The Morgan fingerprint density at radius 3 is 2.75 bits per heavy atom. The topological polar surface area (TPSA) is 54.9 Å². The van der Waals surface area contributed by atoms with E-state index in [1.165, 1.54) is 0 Å². The van der Waals surface area contributed by atoms with Gasteiger partial charge in [0.1, 0.15) is 16.7 Å². The Morgan fingerprint density at radius 2 is 2.12 bits per heavy atom. The molecule has 1 atom stereocenters. The van der Waals surface area contributed by atoms with Crippen LogP contribution in [0.5, 0.6) is 0 Å². The molecule has 1 aliphatic heterocycles. The number of fused-ring (bicyclic) bond motifs is 1. The average molecular weight is 296 g/mol. The number of hydrogen-bond acceptors (Lipinski definition) is 3. The predicted octanol–water partition coefficient (Wildman–Crippen LogP) is 2.23. The lowest BCUT2D eigenvalue weighted by atomic mass is 9.93. The minimum absolute atomic E-state index is 0.0554. The molecule has 0 bridgehead atoms. The summed E-state index contributed by atoms with van der Waals surface area (Å²) in [6, 6.07) is 0. The van der Waals surface area contributed by atoms with Crippen molar-refractivity contribution in [2.75, 3.05) is 5.32 Å². The van der Waals surface area contributed by atoms with E-state index in [2.05, 4.69) is 31.2 Å². The van der Waals surface area contributed by atoms with Crippen LogP contribution in [-0.4, -0.2) is 22.1 Å². The number of anilines is 1. The van der Waals surface area contributed by atoms with E-state index in [0.29, 0.717) is 0 Å². The highest BCUT2D eigenvalue weighted by Crippen LogP contribution is 2.44. The van der Waals surface area contributed by atoms with Crippen LogP contribution in [0.25, 0.3) is 0 Å². The number of hydrogen-bond donors (Lipinski definition) is 1. The number of aromatic nitrogens is 2. The van der Waals surface area contributed by atoms with Gasteiger partial charge in [-0.2, -0.15) is 13.2 Å². The lowest BCUT2D eigenvalue weighted by molar-refractivity contribution is -0.157. The molecule has 86 valence electrons. The van der Waals surface area contributed by atoms with Crippen molar-refractivity contribution in [2.24, 2.45) is 0 Å². The largest absolute Gasteiger partial charge is 0.396 e. The van der Waals surface area contributed by atoms with E-state index in [1.54, 1.807) is 0 Å². The molecule has 0 unspecified atom stereocenters. The van der Waals surface area contributed by atoms with Crippen LogP contribution in [-0.2, 0) is 4.79 Å². The average Bonchev–Trinajstić information content (AvgIpc) is 2.15. The molecule has 1 aromatic rings. The van der Waals surface area contributed by atoms with Crippen LogP contribution in [0, 0.1) is 0 Å². The number of carbonyl (C=O) groups is 1. The smallest absolute Gasteiger partial charge is 0.310 e. The van der Waals surface area contributed by atoms with Gasteiger partial charge in [-0.1, -0.05) is 0 Å². The summed E-state index contributed by atoms with van der Waals surface area (Å²) < 4.78 is 38.2. The summed E-state index contributed by atoms with van der Waals surface area (Å²) in [5.74, 6) is -2.63. The van der Waals surface area contributed by atoms with Gasteiger partial charge in [0, 0.05) is 12.0 Å². The Hall–Kier alpha value is -1.18. The van der Waals surface area contributed by atoms with Gasteiger partial charge in [0.15, 0.2) is 0 Å². The third-order valence-corrected chi connectivity index (χ3v) is 2.86. The quantitative estimate of drug-likeness (QED) is 0.747. The third kappa shape index (κ3) is 1.89. The molecule has 8 heteroatoms. The molecular formula is C8H5BrF3N3O. The highest BCUT2D eigenvalue weighted by molar-refractivity contribution is 9.10. The summed E-state index contributed by atoms with van der Waals surface area (Å²) in [5.41, 5.74) is -0.116. The molecule has 2 heterocycles. The second-order valence-corrected chi connectivity index (χ2v) is 4.02. The second kappa shape index (κ2) is 3.69. The summed E-state index contributed by atoms with van der Waals surface area (Å²) in [6.07, 6.45) is -4.04. The fourth-order valence-corrected chi connectivity index (χ4v) is 2.09. The Labute approximate surface area is 96.4 Å². The SMILES string of the molecule is O=C1C[C@@H](C(F)(F)F)c2c(Br)ncnc2N1. The highest BCUT2D eigenvalue weighted by Gasteiger charge is 2.47. The fraction of sp³-hybridized carbons (Fsp3) is 0.375.